The number of halogens is 2. The summed E-state index contributed by atoms with van der Waals surface area (Å²) in [4.78, 5) is 61.8. The number of anilines is 2. The predicted octanol–water partition coefficient (Wildman–Crippen LogP) is 5.41. The van der Waals surface area contributed by atoms with E-state index in [1.54, 1.807) is 67.1 Å². The molecule has 274 valence electrons. The third-order valence-electron chi connectivity index (χ3n) is 8.52. The van der Waals surface area contributed by atoms with Crippen molar-refractivity contribution in [2.45, 2.75) is 32.4 Å². The number of nitrogens with one attached hydrogen (secondary N) is 2. The Hall–Kier alpha value is -5.57. The number of methoxy groups -OCH3 is 3. The molecule has 0 aliphatic carbocycles. The van der Waals surface area contributed by atoms with Gasteiger partial charge in [-0.25, -0.2) is 23.6 Å². The first-order valence-electron chi connectivity index (χ1n) is 16.0. The van der Waals surface area contributed by atoms with Gasteiger partial charge in [-0.3, -0.25) is 14.5 Å². The van der Waals surface area contributed by atoms with Gasteiger partial charge < -0.3 is 34.8 Å². The molecule has 1 aliphatic heterocycles. The van der Waals surface area contributed by atoms with Crippen molar-refractivity contribution in [3.05, 3.63) is 87.7 Å². The molecule has 14 nitrogen and oxygen atoms in total. The molecular formula is C35H43ClFN7O7. The molecule has 2 N–H and O–H groups in total. The molecule has 16 heteroatoms. The molecule has 3 aromatic carbocycles. The Balaban J connectivity index is 0.00000378. The summed E-state index contributed by atoms with van der Waals surface area (Å²) in [5.41, 5.74) is -0.687. The fraction of sp³-hybridized carbons (Fsp3) is 0.343. The maximum Gasteiger partial charge on any atom is 0.407 e. The van der Waals surface area contributed by atoms with Crippen LogP contribution in [-0.4, -0.2) is 85.6 Å². The number of benzene rings is 3. The Morgan fingerprint density at radius 3 is 2.29 bits per heavy atom. The molecule has 51 heavy (non-hydrogen) atoms. The average molecular weight is 728 g/mol. The molecular weight excluding hydrogens is 685 g/mol. The fourth-order valence-electron chi connectivity index (χ4n) is 5.87. The van der Waals surface area contributed by atoms with Crippen molar-refractivity contribution in [1.82, 2.24) is 19.9 Å². The van der Waals surface area contributed by atoms with E-state index in [0.29, 0.717) is 38.8 Å². The van der Waals surface area contributed by atoms with Gasteiger partial charge in [-0.2, -0.15) is 0 Å². The van der Waals surface area contributed by atoms with E-state index in [4.69, 9.17) is 26.1 Å². The Morgan fingerprint density at radius 1 is 0.980 bits per heavy atom. The van der Waals surface area contributed by atoms with Crippen LogP contribution in [0.25, 0.3) is 10.9 Å². The zero-order chi connectivity index (χ0) is 37.0. The topological polar surface area (TPSA) is 148 Å². The van der Waals surface area contributed by atoms with Gasteiger partial charge in [-0.1, -0.05) is 11.6 Å². The largest absolute Gasteiger partial charge is 0.497 e. The average Bonchev–Trinajstić information content (AvgIpc) is 3.12. The lowest BCUT2D eigenvalue weighted by Crippen LogP contribution is -2.62. The van der Waals surface area contributed by atoms with Gasteiger partial charge in [0.1, 0.15) is 22.9 Å². The van der Waals surface area contributed by atoms with Crippen molar-refractivity contribution in [3.63, 3.8) is 0 Å². The highest BCUT2D eigenvalue weighted by Gasteiger charge is 2.37. The minimum absolute atomic E-state index is 0. The monoisotopic (exact) mass is 727 g/mol. The lowest BCUT2D eigenvalue weighted by Gasteiger charge is -2.41. The molecule has 1 aliphatic rings. The second-order valence-corrected chi connectivity index (χ2v) is 12.7. The van der Waals surface area contributed by atoms with E-state index in [2.05, 4.69) is 15.4 Å². The van der Waals surface area contributed by atoms with Gasteiger partial charge in [-0.15, -0.1) is 0 Å². The molecule has 2 heterocycles. The minimum atomic E-state index is -1.24. The van der Waals surface area contributed by atoms with Gasteiger partial charge in [0.15, 0.2) is 5.82 Å². The number of amides is 4. The number of fused-ring (bicyclic) bond motifs is 1. The van der Waals surface area contributed by atoms with Crippen LogP contribution in [0.4, 0.5) is 25.4 Å². The molecule has 4 amide bonds. The predicted molar refractivity (Wildman–Crippen MR) is 195 cm³/mol. The standard InChI is InChI=1S/C35H39ClFN7O7.2H2/c1-21(43(28-14-12-25(49-4)20-29(28)50-5)33(47)38-24-10-8-23(37)9-11-24)30-39-27-19-22(36)7-13-26(27)31(45)44(30)42-17-15-41(16-18-42)32(46)35(2,3)40-34(48)51-6;;/h7-14,19-21H,15-18H2,1-6H3,(H,38,47)(H,40,48);2*1H. The highest BCUT2D eigenvalue weighted by atomic mass is 35.5. The molecule has 1 unspecified atom stereocenters. The summed E-state index contributed by atoms with van der Waals surface area (Å²) in [6, 6.07) is 13.4. The van der Waals surface area contributed by atoms with Crippen LogP contribution in [-0.2, 0) is 9.53 Å². The first-order chi connectivity index (χ1) is 24.3. The van der Waals surface area contributed by atoms with Crippen LogP contribution in [0.3, 0.4) is 0 Å². The number of ether oxygens (including phenoxy) is 3. The van der Waals surface area contributed by atoms with Crippen LogP contribution in [0.2, 0.25) is 5.02 Å². The normalized spacial score (nSPS) is 13.7. The second kappa shape index (κ2) is 15.1. The summed E-state index contributed by atoms with van der Waals surface area (Å²) in [6.07, 6.45) is -0.735. The number of aromatic nitrogens is 2. The van der Waals surface area contributed by atoms with Crippen LogP contribution < -0.4 is 35.6 Å². The minimum Gasteiger partial charge on any atom is -0.497 e. The summed E-state index contributed by atoms with van der Waals surface area (Å²) in [5.74, 6) is 0.172. The number of piperazine rings is 1. The van der Waals surface area contributed by atoms with Gasteiger partial charge in [0.25, 0.3) is 5.56 Å². The SMILES string of the molecule is COC(=O)NC(C)(C)C(=O)N1CCN(n2c(C(C)N(C(=O)Nc3ccc(F)cc3)c3ccc(OC)cc3OC)nc3cc(Cl)ccc3c2=O)CC1.[HH].[HH]. The first-order valence-corrected chi connectivity index (χ1v) is 16.4. The summed E-state index contributed by atoms with van der Waals surface area (Å²) in [7, 11) is 4.17. The Morgan fingerprint density at radius 2 is 1.67 bits per heavy atom. The third-order valence-corrected chi connectivity index (χ3v) is 8.75. The Kier molecular flexibility index (Phi) is 10.9. The maximum atomic E-state index is 14.4. The molecule has 0 bridgehead atoms. The van der Waals surface area contributed by atoms with E-state index in [-0.39, 0.29) is 40.8 Å². The number of carbonyl (C=O) groups is 3. The zero-order valence-corrected chi connectivity index (χ0v) is 29.8. The number of carbonyl (C=O) groups excluding carboxylic acids is 3. The fourth-order valence-corrected chi connectivity index (χ4v) is 6.04. The lowest BCUT2D eigenvalue weighted by molar-refractivity contribution is -0.137. The number of nitrogens with zero attached hydrogens (tertiary/aromatic N) is 5. The summed E-state index contributed by atoms with van der Waals surface area (Å²) in [5, 5.41) is 7.79. The van der Waals surface area contributed by atoms with Gasteiger partial charge in [0.2, 0.25) is 5.91 Å². The molecule has 0 spiro atoms. The number of alkyl carbamates (subject to hydrolysis) is 1. The van der Waals surface area contributed by atoms with Crippen molar-refractivity contribution in [3.8, 4) is 11.5 Å². The maximum absolute atomic E-state index is 14.4. The molecule has 1 atom stereocenters. The van der Waals surface area contributed by atoms with E-state index in [9.17, 15) is 23.6 Å². The Bertz CT molecular complexity index is 2010. The third kappa shape index (κ3) is 7.77. The second-order valence-electron chi connectivity index (χ2n) is 12.3. The highest BCUT2D eigenvalue weighted by Crippen LogP contribution is 2.37. The van der Waals surface area contributed by atoms with Crippen LogP contribution in [0.5, 0.6) is 11.5 Å². The smallest absolute Gasteiger partial charge is 0.407 e. The summed E-state index contributed by atoms with van der Waals surface area (Å²) >= 11 is 6.33. The summed E-state index contributed by atoms with van der Waals surface area (Å²) < 4.78 is 30.9. The molecule has 1 saturated heterocycles. The number of urea groups is 1. The molecule has 0 radical (unpaired) electrons. The van der Waals surface area contributed by atoms with Crippen molar-refractivity contribution in [2.24, 2.45) is 0 Å². The quantitative estimate of drug-likeness (QED) is 0.231. The lowest BCUT2D eigenvalue weighted by atomic mass is 10.0. The van der Waals surface area contributed by atoms with E-state index < -0.39 is 35.1 Å². The zero-order valence-electron chi connectivity index (χ0n) is 29.0. The van der Waals surface area contributed by atoms with Crippen molar-refractivity contribution >= 4 is 51.9 Å². The molecule has 1 fully saturated rings. The van der Waals surface area contributed by atoms with E-state index in [1.807, 2.05) is 0 Å². The van der Waals surface area contributed by atoms with Crippen molar-refractivity contribution < 1.29 is 35.8 Å². The van der Waals surface area contributed by atoms with Gasteiger partial charge in [-0.05, 0) is 75.4 Å². The molecule has 1 aromatic heterocycles. The van der Waals surface area contributed by atoms with Crippen LogP contribution >= 0.6 is 11.6 Å². The van der Waals surface area contributed by atoms with E-state index in [0.717, 1.165) is 0 Å². The Labute approximate surface area is 301 Å². The number of hydrogen-bond acceptors (Lipinski definition) is 9. The van der Waals surface area contributed by atoms with Gasteiger partial charge in [0.05, 0.1) is 57.1 Å². The summed E-state index contributed by atoms with van der Waals surface area (Å²) in [6.45, 7) is 5.74. The van der Waals surface area contributed by atoms with Crippen LogP contribution in [0.15, 0.2) is 65.5 Å². The molecule has 5 rings (SSSR count). The number of rotatable bonds is 9. The van der Waals surface area contributed by atoms with Gasteiger partial charge >= 0.3 is 12.1 Å². The molecule has 4 aromatic rings. The van der Waals surface area contributed by atoms with Crippen molar-refractivity contribution in [1.29, 1.82) is 0 Å². The number of hydrogen-bond donors (Lipinski definition) is 2. The highest BCUT2D eigenvalue weighted by molar-refractivity contribution is 6.31. The van der Waals surface area contributed by atoms with Crippen molar-refractivity contribution in [2.75, 3.05) is 62.7 Å². The first kappa shape index (κ1) is 36.7. The van der Waals surface area contributed by atoms with Crippen LogP contribution in [0.1, 0.15) is 35.5 Å². The van der Waals surface area contributed by atoms with E-state index in [1.165, 1.54) is 55.2 Å². The van der Waals surface area contributed by atoms with Gasteiger partial charge in [0, 0.05) is 32.7 Å². The molecule has 0 saturated carbocycles. The van der Waals surface area contributed by atoms with E-state index >= 15 is 0 Å². The van der Waals surface area contributed by atoms with Crippen LogP contribution in [0, 0.1) is 5.82 Å².